The van der Waals surface area contributed by atoms with Crippen LogP contribution in [-0.4, -0.2) is 5.91 Å². The van der Waals surface area contributed by atoms with E-state index in [1.807, 2.05) is 25.1 Å². The Kier molecular flexibility index (Phi) is 2.88. The number of benzene rings is 1. The number of nitrogens with one attached hydrogen (secondary N) is 1. The van der Waals surface area contributed by atoms with Gasteiger partial charge in [0, 0.05) is 16.9 Å². The highest BCUT2D eigenvalue weighted by Crippen LogP contribution is 2.43. The molecule has 2 bridgehead atoms. The van der Waals surface area contributed by atoms with Crippen molar-refractivity contribution in [2.45, 2.75) is 26.3 Å². The van der Waals surface area contributed by atoms with Crippen molar-refractivity contribution in [3.05, 3.63) is 47.7 Å². The van der Waals surface area contributed by atoms with E-state index >= 15 is 0 Å². The van der Waals surface area contributed by atoms with Gasteiger partial charge in [-0.05, 0) is 37.7 Å². The second-order valence-corrected chi connectivity index (χ2v) is 6.25. The highest BCUT2D eigenvalue weighted by molar-refractivity contribution is 5.83. The molecule has 3 heteroatoms. The van der Waals surface area contributed by atoms with Gasteiger partial charge in [0.05, 0.1) is 6.54 Å². The van der Waals surface area contributed by atoms with Gasteiger partial charge in [-0.3, -0.25) is 4.79 Å². The molecule has 0 unspecified atom stereocenters. The number of rotatable bonds is 3. The lowest BCUT2D eigenvalue weighted by Crippen LogP contribution is -2.32. The number of hydrogen-bond donors (Lipinski definition) is 1. The number of carbonyl (C=O) groups is 1. The molecule has 0 saturated heterocycles. The quantitative estimate of drug-likeness (QED) is 0.874. The van der Waals surface area contributed by atoms with Crippen LogP contribution < -0.4 is 5.32 Å². The Morgan fingerprint density at radius 3 is 2.86 bits per heavy atom. The molecule has 4 rings (SSSR count). The van der Waals surface area contributed by atoms with Crippen molar-refractivity contribution in [2.75, 3.05) is 0 Å². The van der Waals surface area contributed by atoms with Crippen molar-refractivity contribution < 1.29 is 9.21 Å². The summed E-state index contributed by atoms with van der Waals surface area (Å²) in [6.45, 7) is 2.53. The summed E-state index contributed by atoms with van der Waals surface area (Å²) in [4.78, 5) is 12.3. The van der Waals surface area contributed by atoms with Gasteiger partial charge in [0.2, 0.25) is 5.91 Å². The molecule has 21 heavy (non-hydrogen) atoms. The zero-order valence-corrected chi connectivity index (χ0v) is 12.1. The predicted molar refractivity (Wildman–Crippen MR) is 81.6 cm³/mol. The molecule has 1 aromatic carbocycles. The second kappa shape index (κ2) is 4.76. The van der Waals surface area contributed by atoms with Crippen LogP contribution in [0.4, 0.5) is 0 Å². The smallest absolute Gasteiger partial charge is 0.224 e. The maximum atomic E-state index is 12.3. The number of allylic oxidation sites excluding steroid dienone is 2. The maximum Gasteiger partial charge on any atom is 0.224 e. The number of aryl methyl sites for hydroxylation is 1. The molecule has 1 aromatic heterocycles. The lowest BCUT2D eigenvalue weighted by atomic mass is 9.93. The van der Waals surface area contributed by atoms with Crippen LogP contribution in [0.3, 0.4) is 0 Å². The van der Waals surface area contributed by atoms with E-state index in [0.29, 0.717) is 18.4 Å². The highest BCUT2D eigenvalue weighted by atomic mass is 16.3. The van der Waals surface area contributed by atoms with E-state index in [1.54, 1.807) is 0 Å². The van der Waals surface area contributed by atoms with E-state index in [9.17, 15) is 4.79 Å². The Hall–Kier alpha value is -2.03. The third-order valence-electron chi connectivity index (χ3n) is 4.98. The number of furan rings is 1. The highest BCUT2D eigenvalue weighted by Gasteiger charge is 2.39. The SMILES string of the molecule is Cc1c(CNC(=O)[C@@H]2C[C@@H]3C=C[C@H]2C3)oc2ccccc12. The van der Waals surface area contributed by atoms with Gasteiger partial charge in [-0.25, -0.2) is 0 Å². The molecule has 3 atom stereocenters. The summed E-state index contributed by atoms with van der Waals surface area (Å²) >= 11 is 0. The third kappa shape index (κ3) is 2.08. The fourth-order valence-corrected chi connectivity index (χ4v) is 3.77. The van der Waals surface area contributed by atoms with Crippen LogP contribution in [0, 0.1) is 24.7 Å². The van der Waals surface area contributed by atoms with Crippen LogP contribution in [0.1, 0.15) is 24.2 Å². The fourth-order valence-electron chi connectivity index (χ4n) is 3.77. The maximum absolute atomic E-state index is 12.3. The standard InChI is InChI=1S/C18H19NO2/c1-11-14-4-2-3-5-16(14)21-17(11)10-19-18(20)15-9-12-6-7-13(15)8-12/h2-7,12-13,15H,8-10H2,1H3,(H,19,20)/t12-,13+,15-/m1/s1. The topological polar surface area (TPSA) is 42.2 Å². The Morgan fingerprint density at radius 2 is 2.14 bits per heavy atom. The molecule has 0 radical (unpaired) electrons. The van der Waals surface area contributed by atoms with Gasteiger partial charge in [-0.15, -0.1) is 0 Å². The first-order valence-corrected chi connectivity index (χ1v) is 7.65. The molecule has 2 aromatic rings. The molecule has 0 spiro atoms. The first-order valence-electron chi connectivity index (χ1n) is 7.65. The predicted octanol–water partition coefficient (Wildman–Crippen LogP) is 3.57. The number of hydrogen-bond acceptors (Lipinski definition) is 2. The monoisotopic (exact) mass is 281 g/mol. The van der Waals surface area contributed by atoms with E-state index in [0.717, 1.165) is 35.1 Å². The van der Waals surface area contributed by atoms with Gasteiger partial charge in [0.15, 0.2) is 0 Å². The van der Waals surface area contributed by atoms with Crippen LogP contribution >= 0.6 is 0 Å². The molecule has 0 aliphatic heterocycles. The van der Waals surface area contributed by atoms with Crippen molar-refractivity contribution in [3.63, 3.8) is 0 Å². The summed E-state index contributed by atoms with van der Waals surface area (Å²) in [6.07, 6.45) is 6.64. The van der Waals surface area contributed by atoms with E-state index < -0.39 is 0 Å². The number of carbonyl (C=O) groups excluding carboxylic acids is 1. The minimum absolute atomic E-state index is 0.157. The van der Waals surface area contributed by atoms with Crippen molar-refractivity contribution >= 4 is 16.9 Å². The van der Waals surface area contributed by atoms with Gasteiger partial charge >= 0.3 is 0 Å². The molecule has 2 aliphatic carbocycles. The summed E-state index contributed by atoms with van der Waals surface area (Å²) in [5.41, 5.74) is 2.01. The summed E-state index contributed by atoms with van der Waals surface area (Å²) in [5.74, 6) is 2.27. The fraction of sp³-hybridized carbons (Fsp3) is 0.389. The van der Waals surface area contributed by atoms with Crippen LogP contribution in [0.25, 0.3) is 11.0 Å². The average molecular weight is 281 g/mol. The van der Waals surface area contributed by atoms with Crippen molar-refractivity contribution in [3.8, 4) is 0 Å². The van der Waals surface area contributed by atoms with E-state index in [1.165, 1.54) is 0 Å². The molecule has 1 heterocycles. The number of fused-ring (bicyclic) bond motifs is 3. The Labute approximate surface area is 124 Å². The summed E-state index contributed by atoms with van der Waals surface area (Å²) < 4.78 is 5.85. The van der Waals surface area contributed by atoms with Gasteiger partial charge in [0.1, 0.15) is 11.3 Å². The van der Waals surface area contributed by atoms with Crippen molar-refractivity contribution in [1.82, 2.24) is 5.32 Å². The first kappa shape index (κ1) is 12.7. The lowest BCUT2D eigenvalue weighted by molar-refractivity contribution is -0.125. The average Bonchev–Trinajstić information content (AvgIpc) is 3.20. The first-order chi connectivity index (χ1) is 10.2. The largest absolute Gasteiger partial charge is 0.459 e. The van der Waals surface area contributed by atoms with E-state index in [4.69, 9.17) is 4.42 Å². The summed E-state index contributed by atoms with van der Waals surface area (Å²) in [7, 11) is 0. The minimum atomic E-state index is 0.157. The van der Waals surface area contributed by atoms with Crippen molar-refractivity contribution in [2.24, 2.45) is 17.8 Å². The van der Waals surface area contributed by atoms with E-state index in [2.05, 4.69) is 23.5 Å². The minimum Gasteiger partial charge on any atom is -0.459 e. The van der Waals surface area contributed by atoms with Crippen LogP contribution in [-0.2, 0) is 11.3 Å². The zero-order chi connectivity index (χ0) is 14.4. The number of amides is 1. The third-order valence-corrected chi connectivity index (χ3v) is 4.98. The Bertz CT molecular complexity index is 728. The zero-order valence-electron chi connectivity index (χ0n) is 12.1. The van der Waals surface area contributed by atoms with Gasteiger partial charge in [-0.2, -0.15) is 0 Å². The molecule has 108 valence electrons. The second-order valence-electron chi connectivity index (χ2n) is 6.25. The van der Waals surface area contributed by atoms with Gasteiger partial charge in [-0.1, -0.05) is 30.4 Å². The molecule has 1 N–H and O–H groups in total. The lowest BCUT2D eigenvalue weighted by Gasteiger charge is -2.17. The molecule has 2 aliphatic rings. The molecule has 3 nitrogen and oxygen atoms in total. The van der Waals surface area contributed by atoms with E-state index in [-0.39, 0.29) is 11.8 Å². The van der Waals surface area contributed by atoms with Crippen LogP contribution in [0.15, 0.2) is 40.8 Å². The van der Waals surface area contributed by atoms with Gasteiger partial charge in [0.25, 0.3) is 0 Å². The molecular weight excluding hydrogens is 262 g/mol. The Balaban J connectivity index is 1.47. The molecule has 1 fully saturated rings. The van der Waals surface area contributed by atoms with Crippen molar-refractivity contribution in [1.29, 1.82) is 0 Å². The van der Waals surface area contributed by atoms with Gasteiger partial charge < -0.3 is 9.73 Å². The summed E-state index contributed by atoms with van der Waals surface area (Å²) in [5, 5.41) is 4.19. The summed E-state index contributed by atoms with van der Waals surface area (Å²) in [6, 6.07) is 8.00. The van der Waals surface area contributed by atoms with Crippen LogP contribution in [0.5, 0.6) is 0 Å². The Morgan fingerprint density at radius 1 is 1.29 bits per heavy atom. The molecule has 1 saturated carbocycles. The normalized spacial score (nSPS) is 26.6. The van der Waals surface area contributed by atoms with Crippen LogP contribution in [0.2, 0.25) is 0 Å². The molecular formula is C18H19NO2. The molecule has 1 amide bonds. The number of para-hydroxylation sites is 1.